The third-order valence-electron chi connectivity index (χ3n) is 3.90. The van der Waals surface area contributed by atoms with Gasteiger partial charge in [0.25, 0.3) is 4.74 Å². The SMILES string of the molecule is COc1ccc(/C=C\S(=O)(=O)CS(=O)(=O)c2cc3ccc(I)cc3sc2=O)cc1. The average molecular weight is 562 g/mol. The van der Waals surface area contributed by atoms with Gasteiger partial charge in [0.1, 0.15) is 10.6 Å². The van der Waals surface area contributed by atoms with Crippen LogP contribution in [0.4, 0.5) is 0 Å². The van der Waals surface area contributed by atoms with Gasteiger partial charge in [0.15, 0.2) is 24.8 Å². The first-order valence-corrected chi connectivity index (χ1v) is 13.4. The van der Waals surface area contributed by atoms with Gasteiger partial charge in [0.2, 0.25) is 0 Å². The Morgan fingerprint density at radius 3 is 2.38 bits per heavy atom. The molecule has 0 aliphatic carbocycles. The molecule has 0 aliphatic rings. The maximum Gasteiger partial charge on any atom is 0.251 e. The smallest absolute Gasteiger partial charge is 0.251 e. The van der Waals surface area contributed by atoms with Crippen LogP contribution in [0.1, 0.15) is 5.56 Å². The van der Waals surface area contributed by atoms with Gasteiger partial charge in [-0.15, -0.1) is 0 Å². The van der Waals surface area contributed by atoms with Gasteiger partial charge in [-0.25, -0.2) is 16.8 Å². The molecule has 0 saturated heterocycles. The number of methoxy groups -OCH3 is 1. The third-order valence-corrected chi connectivity index (χ3v) is 9.76. The van der Waals surface area contributed by atoms with E-state index < -0.39 is 34.4 Å². The van der Waals surface area contributed by atoms with Crippen LogP contribution in [0.3, 0.4) is 0 Å². The highest BCUT2D eigenvalue weighted by Gasteiger charge is 2.26. The molecule has 1 aromatic heterocycles. The third kappa shape index (κ3) is 5.44. The highest BCUT2D eigenvalue weighted by molar-refractivity contribution is 14.1. The minimum atomic E-state index is -4.33. The molecule has 0 aliphatic heterocycles. The van der Waals surface area contributed by atoms with Crippen LogP contribution in [0.2, 0.25) is 0 Å². The van der Waals surface area contributed by atoms with Gasteiger partial charge in [-0.2, -0.15) is 0 Å². The molecule has 3 rings (SSSR count). The number of ether oxygens (including phenoxy) is 1. The van der Waals surface area contributed by atoms with E-state index in [9.17, 15) is 21.6 Å². The highest BCUT2D eigenvalue weighted by Crippen LogP contribution is 2.23. The molecule has 0 spiro atoms. The molecule has 2 aromatic carbocycles. The summed E-state index contributed by atoms with van der Waals surface area (Å²) in [5, 5.41) is 0.230. The lowest BCUT2D eigenvalue weighted by atomic mass is 10.2. The standard InChI is InChI=1S/C19H15IO6S3/c1-26-16-6-2-13(3-7-16)8-9-28(22,23)12-29(24,25)18-10-14-4-5-15(20)11-17(14)27-19(18)21/h2-11H,12H2,1H3/b9-8-. The summed E-state index contributed by atoms with van der Waals surface area (Å²) in [4.78, 5) is 11.8. The predicted molar refractivity (Wildman–Crippen MR) is 124 cm³/mol. The normalized spacial score (nSPS) is 12.5. The van der Waals surface area contributed by atoms with E-state index in [-0.39, 0.29) is 0 Å². The number of halogens is 1. The molecular formula is C19H15IO6S3. The molecule has 10 heteroatoms. The van der Waals surface area contributed by atoms with Gasteiger partial charge < -0.3 is 4.74 Å². The van der Waals surface area contributed by atoms with E-state index in [0.717, 1.165) is 20.3 Å². The molecule has 152 valence electrons. The fourth-order valence-corrected chi connectivity index (χ4v) is 7.97. The molecule has 1 heterocycles. The van der Waals surface area contributed by atoms with Gasteiger partial charge in [-0.1, -0.05) is 29.5 Å². The van der Waals surface area contributed by atoms with Crippen LogP contribution < -0.4 is 9.48 Å². The van der Waals surface area contributed by atoms with Crippen molar-refractivity contribution >= 4 is 69.8 Å². The van der Waals surface area contributed by atoms with E-state index in [1.807, 2.05) is 0 Å². The fourth-order valence-electron chi connectivity index (χ4n) is 2.50. The van der Waals surface area contributed by atoms with Crippen molar-refractivity contribution in [2.75, 3.05) is 12.2 Å². The zero-order valence-corrected chi connectivity index (χ0v) is 19.6. The Balaban J connectivity index is 1.90. The van der Waals surface area contributed by atoms with Crippen LogP contribution in [0.25, 0.3) is 16.2 Å². The monoisotopic (exact) mass is 562 g/mol. The Bertz CT molecular complexity index is 1360. The van der Waals surface area contributed by atoms with Crippen molar-refractivity contribution in [3.8, 4) is 5.75 Å². The van der Waals surface area contributed by atoms with Crippen molar-refractivity contribution < 1.29 is 21.6 Å². The van der Waals surface area contributed by atoms with E-state index in [1.54, 1.807) is 42.5 Å². The lowest BCUT2D eigenvalue weighted by Crippen LogP contribution is -2.20. The molecule has 0 amide bonds. The number of hydrogen-bond acceptors (Lipinski definition) is 7. The molecule has 0 radical (unpaired) electrons. The minimum Gasteiger partial charge on any atom is -0.497 e. The van der Waals surface area contributed by atoms with Crippen molar-refractivity contribution in [1.29, 1.82) is 0 Å². The largest absolute Gasteiger partial charge is 0.497 e. The first kappa shape index (κ1) is 21.9. The summed E-state index contributed by atoms with van der Waals surface area (Å²) < 4.78 is 55.9. The Morgan fingerprint density at radius 2 is 1.72 bits per heavy atom. The zero-order valence-electron chi connectivity index (χ0n) is 15.0. The topological polar surface area (TPSA) is 94.6 Å². The van der Waals surface area contributed by atoms with E-state index >= 15 is 0 Å². The summed E-state index contributed by atoms with van der Waals surface area (Å²) in [6.07, 6.45) is 1.30. The van der Waals surface area contributed by atoms with E-state index in [0.29, 0.717) is 21.4 Å². The number of benzene rings is 2. The number of fused-ring (bicyclic) bond motifs is 1. The lowest BCUT2D eigenvalue weighted by molar-refractivity contribution is 0.415. The summed E-state index contributed by atoms with van der Waals surface area (Å²) in [7, 11) is -6.93. The molecule has 0 saturated carbocycles. The van der Waals surface area contributed by atoms with Crippen LogP contribution in [0.15, 0.2) is 63.6 Å². The van der Waals surface area contributed by atoms with E-state index in [4.69, 9.17) is 4.74 Å². The summed E-state index contributed by atoms with van der Waals surface area (Å²) in [5.41, 5.74) is 0.568. The van der Waals surface area contributed by atoms with Crippen molar-refractivity contribution in [3.05, 3.63) is 72.6 Å². The summed E-state index contributed by atoms with van der Waals surface area (Å²) in [6, 6.07) is 13.1. The maximum absolute atomic E-state index is 12.6. The first-order valence-electron chi connectivity index (χ1n) is 8.11. The van der Waals surface area contributed by atoms with Gasteiger partial charge in [-0.05, 0) is 69.9 Å². The zero-order chi connectivity index (χ0) is 21.2. The second-order valence-corrected chi connectivity index (χ2v) is 12.5. The summed E-state index contributed by atoms with van der Waals surface area (Å²) in [6.45, 7) is 0. The van der Waals surface area contributed by atoms with Crippen LogP contribution >= 0.6 is 33.9 Å². The van der Waals surface area contributed by atoms with Crippen molar-refractivity contribution in [1.82, 2.24) is 0 Å². The number of sulfone groups is 2. The van der Waals surface area contributed by atoms with Crippen LogP contribution in [0.5, 0.6) is 5.75 Å². The van der Waals surface area contributed by atoms with E-state index in [2.05, 4.69) is 22.6 Å². The Hall–Kier alpha value is -1.76. The van der Waals surface area contributed by atoms with Crippen molar-refractivity contribution in [3.63, 3.8) is 0 Å². The molecule has 6 nitrogen and oxygen atoms in total. The molecule has 3 aromatic rings. The van der Waals surface area contributed by atoms with Crippen molar-refractivity contribution in [2.24, 2.45) is 0 Å². The first-order chi connectivity index (χ1) is 13.6. The van der Waals surface area contributed by atoms with Gasteiger partial charge in [0.05, 0.1) is 7.11 Å². The quantitative estimate of drug-likeness (QED) is 0.426. The Labute approximate surface area is 185 Å². The molecule has 0 unspecified atom stereocenters. The van der Waals surface area contributed by atoms with Gasteiger partial charge in [0, 0.05) is 13.7 Å². The Morgan fingerprint density at radius 1 is 1.03 bits per heavy atom. The van der Waals surface area contributed by atoms with Crippen LogP contribution in [0, 0.1) is 3.57 Å². The number of rotatable bonds is 6. The minimum absolute atomic E-state index is 0.502. The number of hydrogen-bond donors (Lipinski definition) is 0. The Kier molecular flexibility index (Phi) is 6.46. The van der Waals surface area contributed by atoms with Gasteiger partial charge in [-0.3, -0.25) is 4.79 Å². The van der Waals surface area contributed by atoms with Crippen LogP contribution in [-0.4, -0.2) is 29.0 Å². The predicted octanol–water partition coefficient (Wildman–Crippen LogP) is 3.69. The molecule has 0 N–H and O–H groups in total. The highest BCUT2D eigenvalue weighted by atomic mass is 127. The summed E-state index contributed by atoms with van der Waals surface area (Å²) >= 11 is 2.88. The molecule has 29 heavy (non-hydrogen) atoms. The molecule has 0 bridgehead atoms. The fraction of sp³-hybridized carbons (Fsp3) is 0.105. The average Bonchev–Trinajstić information content (AvgIpc) is 2.65. The van der Waals surface area contributed by atoms with Crippen LogP contribution in [-0.2, 0) is 19.7 Å². The second kappa shape index (κ2) is 8.54. The summed E-state index contributed by atoms with van der Waals surface area (Å²) in [5.74, 6) is 0.614. The molecular weight excluding hydrogens is 547 g/mol. The van der Waals surface area contributed by atoms with Gasteiger partial charge >= 0.3 is 0 Å². The van der Waals surface area contributed by atoms with E-state index in [1.165, 1.54) is 19.3 Å². The molecule has 0 fully saturated rings. The second-order valence-electron chi connectivity index (χ2n) is 6.05. The maximum atomic E-state index is 12.6. The molecule has 0 atom stereocenters. The lowest BCUT2D eigenvalue weighted by Gasteiger charge is -2.05. The van der Waals surface area contributed by atoms with Crippen molar-refractivity contribution in [2.45, 2.75) is 4.90 Å².